The maximum absolute atomic E-state index is 13.9. The minimum absolute atomic E-state index is 0.0301. The Bertz CT molecular complexity index is 1120. The third kappa shape index (κ3) is 4.41. The molecule has 0 N–H and O–H groups in total. The molecular formula is C24H18FNO3. The zero-order valence-corrected chi connectivity index (χ0v) is 15.8. The zero-order valence-electron chi connectivity index (χ0n) is 15.8. The summed E-state index contributed by atoms with van der Waals surface area (Å²) in [6, 6.07) is 21.5. The fraction of sp³-hybridized carbons (Fsp3) is 0.0833. The van der Waals surface area contributed by atoms with Crippen molar-refractivity contribution < 1.29 is 18.7 Å². The third-order valence-electron chi connectivity index (χ3n) is 4.40. The van der Waals surface area contributed by atoms with Crippen molar-refractivity contribution in [3.8, 4) is 5.75 Å². The maximum atomic E-state index is 13.9. The monoisotopic (exact) mass is 387 g/mol. The van der Waals surface area contributed by atoms with E-state index in [1.54, 1.807) is 18.2 Å². The summed E-state index contributed by atoms with van der Waals surface area (Å²) in [6.07, 6.45) is 1.60. The van der Waals surface area contributed by atoms with E-state index in [0.717, 1.165) is 16.9 Å². The van der Waals surface area contributed by atoms with Gasteiger partial charge >= 0.3 is 5.97 Å². The quantitative estimate of drug-likeness (QED) is 0.454. The highest BCUT2D eigenvalue weighted by Gasteiger charge is 2.25. The van der Waals surface area contributed by atoms with Gasteiger partial charge in [0.25, 0.3) is 0 Å². The van der Waals surface area contributed by atoms with Crippen molar-refractivity contribution in [1.29, 1.82) is 0 Å². The molecule has 0 aliphatic carbocycles. The van der Waals surface area contributed by atoms with Crippen molar-refractivity contribution in [3.63, 3.8) is 0 Å². The second kappa shape index (κ2) is 8.10. The molecule has 4 rings (SSSR count). The molecule has 1 aliphatic rings. The summed E-state index contributed by atoms with van der Waals surface area (Å²) in [7, 11) is 0. The first-order chi connectivity index (χ1) is 14.1. The van der Waals surface area contributed by atoms with E-state index in [-0.39, 0.29) is 17.2 Å². The van der Waals surface area contributed by atoms with Crippen LogP contribution < -0.4 is 4.74 Å². The highest BCUT2D eigenvalue weighted by Crippen LogP contribution is 2.22. The molecule has 29 heavy (non-hydrogen) atoms. The number of hydrogen-bond acceptors (Lipinski definition) is 4. The predicted octanol–water partition coefficient (Wildman–Crippen LogP) is 5.06. The van der Waals surface area contributed by atoms with Crippen molar-refractivity contribution in [2.24, 2.45) is 4.99 Å². The first-order valence-corrected chi connectivity index (χ1v) is 9.14. The third-order valence-corrected chi connectivity index (χ3v) is 4.40. The standard InChI is InChI=1S/C24H18FNO3/c1-16-5-4-6-18(13-16)15-28-19-11-9-17(10-12-19)14-22-24(27)29-23(26-22)20-7-2-3-8-21(20)25/h2-14H,15H2,1H3/b22-14-. The SMILES string of the molecule is Cc1cccc(COc2ccc(/C=C3\N=C(c4ccccc4F)OC3=O)cc2)c1. The molecule has 1 aliphatic heterocycles. The minimum atomic E-state index is -0.608. The molecule has 0 unspecified atom stereocenters. The number of nitrogens with zero attached hydrogens (tertiary/aromatic N) is 1. The molecule has 1 heterocycles. The molecule has 4 nitrogen and oxygen atoms in total. The number of esters is 1. The number of halogens is 1. The first kappa shape index (κ1) is 18.6. The Morgan fingerprint density at radius 1 is 1.03 bits per heavy atom. The highest BCUT2D eigenvalue weighted by molar-refractivity contribution is 6.12. The van der Waals surface area contributed by atoms with Crippen molar-refractivity contribution in [2.45, 2.75) is 13.5 Å². The summed E-state index contributed by atoms with van der Waals surface area (Å²) in [6.45, 7) is 2.52. The Morgan fingerprint density at radius 2 is 1.83 bits per heavy atom. The lowest BCUT2D eigenvalue weighted by Crippen LogP contribution is -2.07. The van der Waals surface area contributed by atoms with Gasteiger partial charge in [-0.2, -0.15) is 0 Å². The van der Waals surface area contributed by atoms with Gasteiger partial charge in [0.2, 0.25) is 5.90 Å². The molecule has 0 radical (unpaired) electrons. The average molecular weight is 387 g/mol. The average Bonchev–Trinajstić information content (AvgIpc) is 3.08. The Morgan fingerprint density at radius 3 is 2.59 bits per heavy atom. The molecule has 0 spiro atoms. The minimum Gasteiger partial charge on any atom is -0.489 e. The molecule has 0 saturated carbocycles. The normalized spacial score (nSPS) is 14.6. The van der Waals surface area contributed by atoms with Gasteiger partial charge in [-0.05, 0) is 48.4 Å². The number of benzene rings is 3. The van der Waals surface area contributed by atoms with Gasteiger partial charge in [0.05, 0.1) is 5.56 Å². The van der Waals surface area contributed by atoms with Gasteiger partial charge in [0, 0.05) is 0 Å². The van der Waals surface area contributed by atoms with E-state index in [4.69, 9.17) is 9.47 Å². The van der Waals surface area contributed by atoms with Crippen LogP contribution in [0.25, 0.3) is 6.08 Å². The number of carbonyl (C=O) groups is 1. The topological polar surface area (TPSA) is 47.9 Å². The van der Waals surface area contributed by atoms with Crippen LogP contribution in [0, 0.1) is 12.7 Å². The lowest BCUT2D eigenvalue weighted by Gasteiger charge is -2.07. The van der Waals surface area contributed by atoms with Crippen molar-refractivity contribution in [2.75, 3.05) is 0 Å². The molecule has 3 aromatic rings. The van der Waals surface area contributed by atoms with Crippen molar-refractivity contribution >= 4 is 17.9 Å². The largest absolute Gasteiger partial charge is 0.489 e. The van der Waals surface area contributed by atoms with Crippen LogP contribution in [0.1, 0.15) is 22.3 Å². The molecule has 0 bridgehead atoms. The van der Waals surface area contributed by atoms with E-state index in [9.17, 15) is 9.18 Å². The molecule has 0 atom stereocenters. The molecule has 0 saturated heterocycles. The summed E-state index contributed by atoms with van der Waals surface area (Å²) in [4.78, 5) is 16.2. The summed E-state index contributed by atoms with van der Waals surface area (Å²) < 4.78 is 24.8. The van der Waals surface area contributed by atoms with E-state index in [2.05, 4.69) is 11.1 Å². The number of rotatable bonds is 5. The predicted molar refractivity (Wildman–Crippen MR) is 109 cm³/mol. The van der Waals surface area contributed by atoms with Crippen LogP contribution >= 0.6 is 0 Å². The van der Waals surface area contributed by atoms with E-state index in [1.165, 1.54) is 17.7 Å². The molecule has 0 fully saturated rings. The number of hydrogen-bond donors (Lipinski definition) is 0. The van der Waals surface area contributed by atoms with Gasteiger partial charge in [0.15, 0.2) is 5.70 Å². The lowest BCUT2D eigenvalue weighted by atomic mass is 10.1. The summed E-state index contributed by atoms with van der Waals surface area (Å²) in [5, 5.41) is 0. The number of cyclic esters (lactones) is 1. The van der Waals surface area contributed by atoms with Gasteiger partial charge in [-0.1, -0.05) is 54.1 Å². The second-order valence-electron chi connectivity index (χ2n) is 6.66. The molecule has 144 valence electrons. The molecule has 0 amide bonds. The fourth-order valence-electron chi connectivity index (χ4n) is 2.95. The van der Waals surface area contributed by atoms with Crippen molar-refractivity contribution in [1.82, 2.24) is 0 Å². The van der Waals surface area contributed by atoms with Crippen LogP contribution in [0.5, 0.6) is 5.75 Å². The number of aliphatic imine (C=N–C) groups is 1. The van der Waals surface area contributed by atoms with Gasteiger partial charge in [-0.25, -0.2) is 14.2 Å². The van der Waals surface area contributed by atoms with Crippen LogP contribution in [0.15, 0.2) is 83.5 Å². The van der Waals surface area contributed by atoms with Crippen LogP contribution in [0.4, 0.5) is 4.39 Å². The lowest BCUT2D eigenvalue weighted by molar-refractivity contribution is -0.129. The van der Waals surface area contributed by atoms with Gasteiger partial charge in [-0.15, -0.1) is 0 Å². The van der Waals surface area contributed by atoms with E-state index < -0.39 is 11.8 Å². The zero-order chi connectivity index (χ0) is 20.2. The Balaban J connectivity index is 1.47. The Hall–Kier alpha value is -3.73. The smallest absolute Gasteiger partial charge is 0.363 e. The van der Waals surface area contributed by atoms with Crippen LogP contribution in [0.3, 0.4) is 0 Å². The molecule has 3 aromatic carbocycles. The number of carbonyl (C=O) groups excluding carboxylic acids is 1. The number of ether oxygens (including phenoxy) is 2. The molecule has 5 heteroatoms. The summed E-state index contributed by atoms with van der Waals surface area (Å²) in [5.41, 5.74) is 3.32. The van der Waals surface area contributed by atoms with Crippen LogP contribution in [-0.4, -0.2) is 11.9 Å². The van der Waals surface area contributed by atoms with E-state index >= 15 is 0 Å². The number of aryl methyl sites for hydroxylation is 1. The van der Waals surface area contributed by atoms with Gasteiger partial charge < -0.3 is 9.47 Å². The van der Waals surface area contributed by atoms with Gasteiger partial charge in [0.1, 0.15) is 18.2 Å². The van der Waals surface area contributed by atoms with Crippen LogP contribution in [0.2, 0.25) is 0 Å². The molecular weight excluding hydrogens is 369 g/mol. The van der Waals surface area contributed by atoms with Crippen molar-refractivity contribution in [3.05, 3.63) is 107 Å². The fourth-order valence-corrected chi connectivity index (χ4v) is 2.95. The van der Waals surface area contributed by atoms with Gasteiger partial charge in [-0.3, -0.25) is 0 Å². The first-order valence-electron chi connectivity index (χ1n) is 9.14. The maximum Gasteiger partial charge on any atom is 0.363 e. The summed E-state index contributed by atoms with van der Waals surface area (Å²) in [5.74, 6) is -0.408. The highest BCUT2D eigenvalue weighted by atomic mass is 19.1. The van der Waals surface area contributed by atoms with E-state index in [1.807, 2.05) is 49.4 Å². The van der Waals surface area contributed by atoms with Crippen LogP contribution in [-0.2, 0) is 16.1 Å². The Kier molecular flexibility index (Phi) is 5.20. The molecule has 0 aromatic heterocycles. The second-order valence-corrected chi connectivity index (χ2v) is 6.66. The van der Waals surface area contributed by atoms with E-state index in [0.29, 0.717) is 6.61 Å². The summed E-state index contributed by atoms with van der Waals surface area (Å²) >= 11 is 0. The Labute approximate surface area is 167 Å².